The van der Waals surface area contributed by atoms with Gasteiger partial charge in [-0.3, -0.25) is 4.79 Å². The highest BCUT2D eigenvalue weighted by atomic mass is 35.5. The molecule has 2 unspecified atom stereocenters. The van der Waals surface area contributed by atoms with Gasteiger partial charge in [0.1, 0.15) is 0 Å². The second-order valence-electron chi connectivity index (χ2n) is 4.93. The SMILES string of the molecule is CC1CCCC(C(=O)c2cccc(Cl)c2F)C1. The van der Waals surface area contributed by atoms with Crippen molar-refractivity contribution in [3.8, 4) is 0 Å². The molecule has 1 aliphatic carbocycles. The van der Waals surface area contributed by atoms with Crippen molar-refractivity contribution >= 4 is 17.4 Å². The van der Waals surface area contributed by atoms with E-state index in [1.54, 1.807) is 6.07 Å². The predicted molar refractivity (Wildman–Crippen MR) is 66.9 cm³/mol. The molecule has 2 rings (SSSR count). The van der Waals surface area contributed by atoms with E-state index in [9.17, 15) is 9.18 Å². The summed E-state index contributed by atoms with van der Waals surface area (Å²) in [5, 5.41) is 0.0275. The maximum atomic E-state index is 13.8. The van der Waals surface area contributed by atoms with Crippen LogP contribution in [0.1, 0.15) is 43.0 Å². The third-order valence-electron chi connectivity index (χ3n) is 3.52. The predicted octanol–water partition coefficient (Wildman–Crippen LogP) is 4.49. The average molecular weight is 255 g/mol. The van der Waals surface area contributed by atoms with Crippen LogP contribution in [0, 0.1) is 17.7 Å². The van der Waals surface area contributed by atoms with Crippen molar-refractivity contribution in [2.24, 2.45) is 11.8 Å². The fraction of sp³-hybridized carbons (Fsp3) is 0.500. The van der Waals surface area contributed by atoms with Crippen LogP contribution in [-0.2, 0) is 0 Å². The number of rotatable bonds is 2. The van der Waals surface area contributed by atoms with E-state index in [2.05, 4.69) is 6.92 Å². The van der Waals surface area contributed by atoms with E-state index in [4.69, 9.17) is 11.6 Å². The van der Waals surface area contributed by atoms with Crippen LogP contribution in [0.25, 0.3) is 0 Å². The summed E-state index contributed by atoms with van der Waals surface area (Å²) >= 11 is 5.70. The zero-order chi connectivity index (χ0) is 12.4. The number of carbonyl (C=O) groups is 1. The van der Waals surface area contributed by atoms with Gasteiger partial charge >= 0.3 is 0 Å². The molecular formula is C14H16ClFO. The smallest absolute Gasteiger partial charge is 0.168 e. The van der Waals surface area contributed by atoms with Crippen LogP contribution < -0.4 is 0 Å². The lowest BCUT2D eigenvalue weighted by Crippen LogP contribution is -2.22. The highest BCUT2D eigenvalue weighted by Gasteiger charge is 2.27. The number of hydrogen-bond donors (Lipinski definition) is 0. The van der Waals surface area contributed by atoms with E-state index in [1.165, 1.54) is 18.6 Å². The molecule has 0 aromatic heterocycles. The summed E-state index contributed by atoms with van der Waals surface area (Å²) in [5.74, 6) is -0.138. The van der Waals surface area contributed by atoms with Crippen LogP contribution in [0.3, 0.4) is 0 Å². The molecule has 0 spiro atoms. The van der Waals surface area contributed by atoms with Crippen LogP contribution in [0.2, 0.25) is 5.02 Å². The first-order chi connectivity index (χ1) is 8.09. The van der Waals surface area contributed by atoms with Gasteiger partial charge < -0.3 is 0 Å². The molecule has 0 N–H and O–H groups in total. The molecule has 0 aliphatic heterocycles. The monoisotopic (exact) mass is 254 g/mol. The van der Waals surface area contributed by atoms with Gasteiger partial charge in [0.15, 0.2) is 11.6 Å². The van der Waals surface area contributed by atoms with Crippen molar-refractivity contribution in [3.05, 3.63) is 34.6 Å². The highest BCUT2D eigenvalue weighted by molar-refractivity contribution is 6.31. The van der Waals surface area contributed by atoms with Crippen molar-refractivity contribution in [1.82, 2.24) is 0 Å². The van der Waals surface area contributed by atoms with Crippen molar-refractivity contribution in [2.75, 3.05) is 0 Å². The van der Waals surface area contributed by atoms with Gasteiger partial charge in [-0.25, -0.2) is 4.39 Å². The third-order valence-corrected chi connectivity index (χ3v) is 3.82. The van der Waals surface area contributed by atoms with E-state index < -0.39 is 5.82 Å². The number of benzene rings is 1. The second-order valence-corrected chi connectivity index (χ2v) is 5.34. The van der Waals surface area contributed by atoms with Gasteiger partial charge in [-0.1, -0.05) is 37.4 Å². The summed E-state index contributed by atoms with van der Waals surface area (Å²) in [7, 11) is 0. The molecule has 1 aliphatic rings. The van der Waals surface area contributed by atoms with Gasteiger partial charge in [0.2, 0.25) is 0 Å². The summed E-state index contributed by atoms with van der Waals surface area (Å²) in [6, 6.07) is 4.63. The number of hydrogen-bond acceptors (Lipinski definition) is 1. The Bertz CT molecular complexity index is 430. The number of ketones is 1. The number of halogens is 2. The highest BCUT2D eigenvalue weighted by Crippen LogP contribution is 2.32. The van der Waals surface area contributed by atoms with Crippen LogP contribution in [0.15, 0.2) is 18.2 Å². The molecule has 1 saturated carbocycles. The van der Waals surface area contributed by atoms with Gasteiger partial charge in [0.25, 0.3) is 0 Å². The summed E-state index contributed by atoms with van der Waals surface area (Å²) in [5.41, 5.74) is 0.150. The van der Waals surface area contributed by atoms with Gasteiger partial charge in [0, 0.05) is 5.92 Å². The maximum absolute atomic E-state index is 13.8. The minimum absolute atomic E-state index is 0.0275. The van der Waals surface area contributed by atoms with E-state index in [0.29, 0.717) is 5.92 Å². The lowest BCUT2D eigenvalue weighted by Gasteiger charge is -2.25. The largest absolute Gasteiger partial charge is 0.294 e. The molecule has 3 heteroatoms. The molecule has 0 radical (unpaired) electrons. The Labute approximate surface area is 106 Å². The topological polar surface area (TPSA) is 17.1 Å². The summed E-state index contributed by atoms with van der Waals surface area (Å²) in [6.45, 7) is 2.15. The number of carbonyl (C=O) groups excluding carboxylic acids is 1. The van der Waals surface area contributed by atoms with Gasteiger partial charge in [0.05, 0.1) is 10.6 Å². The van der Waals surface area contributed by atoms with Crippen LogP contribution in [0.5, 0.6) is 0 Å². The summed E-state index contributed by atoms with van der Waals surface area (Å²) < 4.78 is 13.8. The fourth-order valence-electron chi connectivity index (χ4n) is 2.59. The first kappa shape index (κ1) is 12.6. The average Bonchev–Trinajstić information content (AvgIpc) is 2.32. The van der Waals surface area contributed by atoms with Crippen molar-refractivity contribution < 1.29 is 9.18 Å². The minimum Gasteiger partial charge on any atom is -0.294 e. The van der Waals surface area contributed by atoms with Crippen molar-refractivity contribution in [2.45, 2.75) is 32.6 Å². The number of Topliss-reactive ketones (excluding diaryl/α,β-unsaturated/α-hetero) is 1. The molecule has 17 heavy (non-hydrogen) atoms. The molecule has 92 valence electrons. The lowest BCUT2D eigenvalue weighted by atomic mass is 9.79. The summed E-state index contributed by atoms with van der Waals surface area (Å²) in [6.07, 6.45) is 3.96. The Morgan fingerprint density at radius 3 is 2.88 bits per heavy atom. The summed E-state index contributed by atoms with van der Waals surface area (Å²) in [4.78, 5) is 12.2. The van der Waals surface area contributed by atoms with Gasteiger partial charge in [-0.05, 0) is 30.9 Å². The third kappa shape index (κ3) is 2.68. The van der Waals surface area contributed by atoms with Crippen LogP contribution in [-0.4, -0.2) is 5.78 Å². The standard InChI is InChI=1S/C14H16ClFO/c1-9-4-2-5-10(8-9)14(17)11-6-3-7-12(15)13(11)16/h3,6-7,9-10H,2,4-5,8H2,1H3. The molecule has 2 atom stereocenters. The Morgan fingerprint density at radius 1 is 1.41 bits per heavy atom. The molecule has 1 nitrogen and oxygen atoms in total. The molecule has 0 heterocycles. The van der Waals surface area contributed by atoms with Crippen molar-refractivity contribution in [1.29, 1.82) is 0 Å². The van der Waals surface area contributed by atoms with Gasteiger partial charge in [-0.15, -0.1) is 0 Å². The molecule has 0 saturated heterocycles. The van der Waals surface area contributed by atoms with E-state index in [0.717, 1.165) is 19.3 Å². The van der Waals surface area contributed by atoms with E-state index in [-0.39, 0.29) is 22.3 Å². The van der Waals surface area contributed by atoms with Crippen molar-refractivity contribution in [3.63, 3.8) is 0 Å². The molecule has 0 amide bonds. The van der Waals surface area contributed by atoms with E-state index in [1.807, 2.05) is 0 Å². The van der Waals surface area contributed by atoms with Crippen LogP contribution >= 0.6 is 11.6 Å². The maximum Gasteiger partial charge on any atom is 0.168 e. The Hall–Kier alpha value is -0.890. The Kier molecular flexibility index (Phi) is 3.82. The molecule has 1 aromatic carbocycles. The van der Waals surface area contributed by atoms with Crippen LogP contribution in [0.4, 0.5) is 4.39 Å². The Morgan fingerprint density at radius 2 is 2.18 bits per heavy atom. The minimum atomic E-state index is -0.572. The molecular weight excluding hydrogens is 239 g/mol. The first-order valence-corrected chi connectivity index (χ1v) is 6.45. The normalized spacial score (nSPS) is 24.6. The lowest BCUT2D eigenvalue weighted by molar-refractivity contribution is 0.0864. The Balaban J connectivity index is 2.22. The first-order valence-electron chi connectivity index (χ1n) is 6.08. The zero-order valence-electron chi connectivity index (χ0n) is 9.88. The van der Waals surface area contributed by atoms with E-state index >= 15 is 0 Å². The molecule has 1 fully saturated rings. The molecule has 1 aromatic rings. The molecule has 0 bridgehead atoms. The van der Waals surface area contributed by atoms with Gasteiger partial charge in [-0.2, -0.15) is 0 Å². The second kappa shape index (κ2) is 5.18. The zero-order valence-corrected chi connectivity index (χ0v) is 10.6. The fourth-order valence-corrected chi connectivity index (χ4v) is 2.76. The quantitative estimate of drug-likeness (QED) is 0.711.